The first-order chi connectivity index (χ1) is 17.6. The number of hydrogen-bond acceptors (Lipinski definition) is 9. The van der Waals surface area contributed by atoms with Gasteiger partial charge in [0, 0.05) is 30.1 Å². The Morgan fingerprint density at radius 2 is 1.86 bits per heavy atom. The van der Waals surface area contributed by atoms with Crippen molar-refractivity contribution in [2.45, 2.75) is 46.5 Å². The minimum atomic E-state index is -0.536. The van der Waals surface area contributed by atoms with E-state index in [1.54, 1.807) is 24.4 Å². The molecule has 0 bridgehead atoms. The van der Waals surface area contributed by atoms with Crippen LogP contribution in [0.2, 0.25) is 5.02 Å². The summed E-state index contributed by atoms with van der Waals surface area (Å²) in [6.45, 7) is 7.24. The van der Waals surface area contributed by atoms with Gasteiger partial charge in [-0.2, -0.15) is 0 Å². The number of aliphatic hydroxyl groups excluding tert-OH is 1. The average molecular weight is 523 g/mol. The first-order valence-corrected chi connectivity index (χ1v) is 12.6. The number of aromatic nitrogens is 4. The van der Waals surface area contributed by atoms with E-state index in [0.29, 0.717) is 33.5 Å². The fourth-order valence-electron chi connectivity index (χ4n) is 3.83. The lowest BCUT2D eigenvalue weighted by molar-refractivity contribution is 0.0977. The van der Waals surface area contributed by atoms with Gasteiger partial charge in [0.2, 0.25) is 5.95 Å². The van der Waals surface area contributed by atoms with Gasteiger partial charge in [0.1, 0.15) is 29.0 Å². The second kappa shape index (κ2) is 11.1. The lowest BCUT2D eigenvalue weighted by Gasteiger charge is -2.20. The largest absolute Gasteiger partial charge is 0.512 e. The third-order valence-corrected chi connectivity index (χ3v) is 6.36. The molecule has 3 heterocycles. The highest BCUT2D eigenvalue weighted by Gasteiger charge is 2.18. The second-order valence-electron chi connectivity index (χ2n) is 9.99. The van der Waals surface area contributed by atoms with Gasteiger partial charge in [-0.05, 0) is 31.0 Å². The standard InChI is InChI=1S/C26H31ClN8O2/c1-26(2,3)20(36)13-21(28)33-24(37)16-8-9-17(27)18(12-16)32-23-22-19(30-15-31-23)14-29-25(34-22)35-10-6-4-5-7-11-35/h8-9,12-15,36H,4-7,10-11H2,1-3H3,(H2,28,33,37)(H,30,31,32)/b20-13-. The molecule has 3 aromatic rings. The highest BCUT2D eigenvalue weighted by molar-refractivity contribution is 6.33. The van der Waals surface area contributed by atoms with Crippen LogP contribution < -0.4 is 15.5 Å². The molecule has 0 radical (unpaired) electrons. The lowest BCUT2D eigenvalue weighted by Crippen LogP contribution is -2.29. The quantitative estimate of drug-likeness (QED) is 0.198. The number of carbonyl (C=O) groups is 1. The van der Waals surface area contributed by atoms with E-state index in [-0.39, 0.29) is 17.2 Å². The fourth-order valence-corrected chi connectivity index (χ4v) is 4.00. The summed E-state index contributed by atoms with van der Waals surface area (Å²) in [5, 5.41) is 24.2. The normalized spacial score (nSPS) is 14.8. The first-order valence-electron chi connectivity index (χ1n) is 12.2. The van der Waals surface area contributed by atoms with Gasteiger partial charge in [-0.25, -0.2) is 19.9 Å². The summed E-state index contributed by atoms with van der Waals surface area (Å²) >= 11 is 6.43. The Kier molecular flexibility index (Phi) is 7.87. The third kappa shape index (κ3) is 6.51. The van der Waals surface area contributed by atoms with Crippen LogP contribution in [0.3, 0.4) is 0 Å². The van der Waals surface area contributed by atoms with Gasteiger partial charge in [0.15, 0.2) is 5.82 Å². The van der Waals surface area contributed by atoms with Crippen LogP contribution in [0.25, 0.3) is 11.0 Å². The molecule has 0 spiro atoms. The molecule has 2 aromatic heterocycles. The van der Waals surface area contributed by atoms with Crippen LogP contribution in [-0.2, 0) is 0 Å². The van der Waals surface area contributed by atoms with Crippen LogP contribution in [0.1, 0.15) is 56.8 Å². The number of allylic oxidation sites excluding steroid dienone is 1. The van der Waals surface area contributed by atoms with E-state index in [1.165, 1.54) is 25.2 Å². The maximum absolute atomic E-state index is 12.8. The Morgan fingerprint density at radius 1 is 1.14 bits per heavy atom. The van der Waals surface area contributed by atoms with Crippen molar-refractivity contribution >= 4 is 51.8 Å². The number of hydrogen-bond donors (Lipinski definition) is 4. The molecule has 0 unspecified atom stereocenters. The van der Waals surface area contributed by atoms with Gasteiger partial charge in [-0.3, -0.25) is 10.2 Å². The molecule has 37 heavy (non-hydrogen) atoms. The Hall–Kier alpha value is -3.79. The molecular weight excluding hydrogens is 492 g/mol. The van der Waals surface area contributed by atoms with E-state index < -0.39 is 11.3 Å². The number of carbonyl (C=O) groups excluding carboxylic acids is 1. The van der Waals surface area contributed by atoms with Crippen LogP contribution >= 0.6 is 11.6 Å². The maximum atomic E-state index is 12.8. The lowest BCUT2D eigenvalue weighted by atomic mass is 9.93. The van der Waals surface area contributed by atoms with Crippen LogP contribution in [0, 0.1) is 10.8 Å². The fraction of sp³-hybridized carbons (Fsp3) is 0.385. The first kappa shape index (κ1) is 26.3. The molecule has 0 aliphatic carbocycles. The topological polar surface area (TPSA) is 140 Å². The number of fused-ring (bicyclic) bond motifs is 1. The van der Waals surface area contributed by atoms with Gasteiger partial charge in [0.25, 0.3) is 5.91 Å². The van der Waals surface area contributed by atoms with E-state index in [2.05, 4.69) is 30.5 Å². The Balaban J connectivity index is 1.58. The molecule has 1 amide bonds. The summed E-state index contributed by atoms with van der Waals surface area (Å²) in [7, 11) is 0. The molecule has 1 aliphatic rings. The molecule has 1 saturated heterocycles. The molecule has 1 aromatic carbocycles. The van der Waals surface area contributed by atoms with Crippen molar-refractivity contribution < 1.29 is 9.90 Å². The highest BCUT2D eigenvalue weighted by Crippen LogP contribution is 2.29. The summed E-state index contributed by atoms with van der Waals surface area (Å²) in [4.78, 5) is 32.9. The molecule has 1 aliphatic heterocycles. The minimum Gasteiger partial charge on any atom is -0.512 e. The van der Waals surface area contributed by atoms with Crippen molar-refractivity contribution in [1.82, 2.24) is 25.3 Å². The monoisotopic (exact) mass is 522 g/mol. The predicted octanol–water partition coefficient (Wildman–Crippen LogP) is 5.39. The van der Waals surface area contributed by atoms with Crippen molar-refractivity contribution in [1.29, 1.82) is 5.41 Å². The zero-order chi connectivity index (χ0) is 26.6. The van der Waals surface area contributed by atoms with Gasteiger partial charge >= 0.3 is 0 Å². The van der Waals surface area contributed by atoms with Crippen LogP contribution in [0.15, 0.2) is 42.6 Å². The molecule has 4 rings (SSSR count). The maximum Gasteiger partial charge on any atom is 0.256 e. The molecule has 10 nitrogen and oxygen atoms in total. The molecule has 194 valence electrons. The number of benzene rings is 1. The summed E-state index contributed by atoms with van der Waals surface area (Å²) < 4.78 is 0. The number of amides is 1. The Bertz CT molecular complexity index is 1340. The van der Waals surface area contributed by atoms with E-state index >= 15 is 0 Å². The zero-order valence-electron chi connectivity index (χ0n) is 21.2. The zero-order valence-corrected chi connectivity index (χ0v) is 21.9. The summed E-state index contributed by atoms with van der Waals surface area (Å²) in [5.74, 6) is 0.334. The molecule has 4 N–H and O–H groups in total. The number of halogens is 1. The van der Waals surface area contributed by atoms with Crippen molar-refractivity contribution in [3.8, 4) is 0 Å². The number of nitrogens with one attached hydrogen (secondary N) is 3. The van der Waals surface area contributed by atoms with Crippen molar-refractivity contribution in [3.05, 3.63) is 53.1 Å². The predicted molar refractivity (Wildman–Crippen MR) is 146 cm³/mol. The summed E-state index contributed by atoms with van der Waals surface area (Å²) in [6, 6.07) is 4.72. The molecule has 11 heteroatoms. The van der Waals surface area contributed by atoms with Crippen LogP contribution in [0.4, 0.5) is 17.5 Å². The van der Waals surface area contributed by atoms with Crippen molar-refractivity contribution in [2.24, 2.45) is 5.41 Å². The number of aliphatic hydroxyl groups is 1. The number of anilines is 3. The number of rotatable bonds is 5. The van der Waals surface area contributed by atoms with E-state index in [4.69, 9.17) is 22.0 Å². The van der Waals surface area contributed by atoms with E-state index in [9.17, 15) is 9.90 Å². The van der Waals surface area contributed by atoms with Gasteiger partial charge < -0.3 is 20.6 Å². The number of nitrogens with zero attached hydrogens (tertiary/aromatic N) is 5. The average Bonchev–Trinajstić information content (AvgIpc) is 3.14. The number of amidine groups is 1. The highest BCUT2D eigenvalue weighted by atomic mass is 35.5. The SMILES string of the molecule is CC(C)(C)/C(O)=C/C(=N)NC(=O)c1ccc(Cl)c(Nc2ncnc3cnc(N4CCCCCC4)nc23)c1. The Morgan fingerprint density at radius 3 is 2.57 bits per heavy atom. The van der Waals surface area contributed by atoms with E-state index in [1.807, 2.05) is 20.8 Å². The van der Waals surface area contributed by atoms with Crippen LogP contribution in [0.5, 0.6) is 0 Å². The molecular formula is C26H31ClN8O2. The van der Waals surface area contributed by atoms with Crippen molar-refractivity contribution in [2.75, 3.05) is 23.3 Å². The molecule has 0 saturated carbocycles. The van der Waals surface area contributed by atoms with E-state index in [0.717, 1.165) is 25.9 Å². The van der Waals surface area contributed by atoms with Gasteiger partial charge in [-0.15, -0.1) is 0 Å². The molecule has 0 atom stereocenters. The third-order valence-electron chi connectivity index (χ3n) is 6.03. The van der Waals surface area contributed by atoms with Gasteiger partial charge in [0.05, 0.1) is 16.9 Å². The van der Waals surface area contributed by atoms with Crippen LogP contribution in [-0.4, -0.2) is 49.9 Å². The molecule has 1 fully saturated rings. The smallest absolute Gasteiger partial charge is 0.256 e. The summed E-state index contributed by atoms with van der Waals surface area (Å²) in [6.07, 6.45) is 8.94. The summed E-state index contributed by atoms with van der Waals surface area (Å²) in [5.41, 5.74) is 1.32. The Labute approximate surface area is 220 Å². The minimum absolute atomic E-state index is 0.00608. The second-order valence-corrected chi connectivity index (χ2v) is 10.4. The van der Waals surface area contributed by atoms with Crippen molar-refractivity contribution in [3.63, 3.8) is 0 Å². The van der Waals surface area contributed by atoms with Gasteiger partial charge in [-0.1, -0.05) is 45.2 Å².